The van der Waals surface area contributed by atoms with Crippen molar-refractivity contribution in [1.29, 1.82) is 5.26 Å². The summed E-state index contributed by atoms with van der Waals surface area (Å²) in [5.74, 6) is 0. The maximum Gasteiger partial charge on any atom is 0.0995 e. The van der Waals surface area contributed by atoms with Crippen molar-refractivity contribution in [3.63, 3.8) is 0 Å². The van der Waals surface area contributed by atoms with Crippen LogP contribution in [0.5, 0.6) is 0 Å². The topological polar surface area (TPSA) is 35.8 Å². The average molecular weight is 214 g/mol. The molecule has 1 N–H and O–H groups in total. The van der Waals surface area contributed by atoms with Crippen LogP contribution >= 0.6 is 0 Å². The van der Waals surface area contributed by atoms with E-state index in [4.69, 9.17) is 5.26 Å². The Kier molecular flexibility index (Phi) is 3.26. The summed E-state index contributed by atoms with van der Waals surface area (Å²) < 4.78 is 0. The van der Waals surface area contributed by atoms with E-state index in [1.807, 2.05) is 24.3 Å². The molecule has 0 heterocycles. The first-order valence-electron chi connectivity index (χ1n) is 5.98. The molecule has 0 atom stereocenters. The summed E-state index contributed by atoms with van der Waals surface area (Å²) in [6.07, 6.45) is 3.98. The summed E-state index contributed by atoms with van der Waals surface area (Å²) in [6.45, 7) is 4.16. The molecule has 1 saturated carbocycles. The highest BCUT2D eigenvalue weighted by molar-refractivity contribution is 5.37. The molecule has 1 aromatic carbocycles. The summed E-state index contributed by atoms with van der Waals surface area (Å²) >= 11 is 0. The van der Waals surface area contributed by atoms with Crippen molar-refractivity contribution in [1.82, 2.24) is 5.32 Å². The van der Waals surface area contributed by atoms with E-state index >= 15 is 0 Å². The Labute approximate surface area is 97.3 Å². The standard InChI is InChI=1S/C14H18N2/c1-2-14(7-8-14)11-16-10-13-6-4-3-5-12(13)9-15/h3-6,16H,2,7-8,10-11H2,1H3. The summed E-state index contributed by atoms with van der Waals surface area (Å²) in [5.41, 5.74) is 2.47. The lowest BCUT2D eigenvalue weighted by atomic mass is 10.0. The number of rotatable bonds is 5. The number of nitriles is 1. The van der Waals surface area contributed by atoms with E-state index in [0.717, 1.165) is 24.2 Å². The summed E-state index contributed by atoms with van der Waals surface area (Å²) in [5, 5.41) is 12.4. The molecule has 84 valence electrons. The summed E-state index contributed by atoms with van der Waals surface area (Å²) in [7, 11) is 0. The van der Waals surface area contributed by atoms with Crippen LogP contribution in [-0.4, -0.2) is 6.54 Å². The zero-order valence-corrected chi connectivity index (χ0v) is 9.79. The summed E-state index contributed by atoms with van der Waals surface area (Å²) in [4.78, 5) is 0. The highest BCUT2D eigenvalue weighted by Gasteiger charge is 2.39. The Morgan fingerprint density at radius 3 is 2.75 bits per heavy atom. The highest BCUT2D eigenvalue weighted by atomic mass is 14.9. The zero-order chi connectivity index (χ0) is 11.4. The first-order chi connectivity index (χ1) is 7.79. The fourth-order valence-electron chi connectivity index (χ4n) is 2.08. The first-order valence-corrected chi connectivity index (χ1v) is 5.98. The van der Waals surface area contributed by atoms with Crippen LogP contribution in [0.4, 0.5) is 0 Å². The average Bonchev–Trinajstić information content (AvgIpc) is 3.10. The molecule has 1 aliphatic carbocycles. The van der Waals surface area contributed by atoms with Crippen LogP contribution in [0, 0.1) is 16.7 Å². The minimum Gasteiger partial charge on any atom is -0.312 e. The third-order valence-electron chi connectivity index (χ3n) is 3.66. The van der Waals surface area contributed by atoms with Crippen LogP contribution in [0.3, 0.4) is 0 Å². The van der Waals surface area contributed by atoms with Crippen LogP contribution in [-0.2, 0) is 6.54 Å². The molecular weight excluding hydrogens is 196 g/mol. The van der Waals surface area contributed by atoms with Crippen molar-refractivity contribution in [2.45, 2.75) is 32.7 Å². The molecule has 2 heteroatoms. The Bertz CT molecular complexity index is 399. The monoisotopic (exact) mass is 214 g/mol. The fraction of sp³-hybridized carbons (Fsp3) is 0.500. The molecule has 0 aromatic heterocycles. The Hall–Kier alpha value is -1.33. The molecule has 1 aromatic rings. The molecule has 0 saturated heterocycles. The maximum atomic E-state index is 8.96. The Morgan fingerprint density at radius 1 is 1.38 bits per heavy atom. The molecule has 0 amide bonds. The normalized spacial score (nSPS) is 16.8. The van der Waals surface area contributed by atoms with Crippen LogP contribution < -0.4 is 5.32 Å². The largest absolute Gasteiger partial charge is 0.312 e. The van der Waals surface area contributed by atoms with Crippen molar-refractivity contribution in [3.8, 4) is 6.07 Å². The molecule has 0 spiro atoms. The minimum absolute atomic E-state index is 0.571. The molecule has 0 bridgehead atoms. The van der Waals surface area contributed by atoms with Gasteiger partial charge in [0.2, 0.25) is 0 Å². The van der Waals surface area contributed by atoms with Crippen molar-refractivity contribution in [2.75, 3.05) is 6.54 Å². The van der Waals surface area contributed by atoms with Gasteiger partial charge in [-0.2, -0.15) is 5.26 Å². The third-order valence-corrected chi connectivity index (χ3v) is 3.66. The zero-order valence-electron chi connectivity index (χ0n) is 9.79. The van der Waals surface area contributed by atoms with Gasteiger partial charge in [0.25, 0.3) is 0 Å². The van der Waals surface area contributed by atoms with Crippen LogP contribution in [0.15, 0.2) is 24.3 Å². The van der Waals surface area contributed by atoms with E-state index in [1.165, 1.54) is 19.3 Å². The second kappa shape index (κ2) is 4.67. The van der Waals surface area contributed by atoms with Gasteiger partial charge in [0.05, 0.1) is 11.6 Å². The van der Waals surface area contributed by atoms with E-state index in [0.29, 0.717) is 5.41 Å². The molecule has 1 aliphatic rings. The second-order valence-electron chi connectivity index (χ2n) is 4.73. The third kappa shape index (κ3) is 2.43. The van der Waals surface area contributed by atoms with Gasteiger partial charge in [0.15, 0.2) is 0 Å². The number of benzene rings is 1. The second-order valence-corrected chi connectivity index (χ2v) is 4.73. The number of nitrogens with zero attached hydrogens (tertiary/aromatic N) is 1. The van der Waals surface area contributed by atoms with E-state index < -0.39 is 0 Å². The van der Waals surface area contributed by atoms with Gasteiger partial charge in [-0.05, 0) is 36.3 Å². The van der Waals surface area contributed by atoms with E-state index in [1.54, 1.807) is 0 Å². The lowest BCUT2D eigenvalue weighted by Crippen LogP contribution is -2.23. The quantitative estimate of drug-likeness (QED) is 0.818. The van der Waals surface area contributed by atoms with Gasteiger partial charge in [-0.25, -0.2) is 0 Å². The smallest absolute Gasteiger partial charge is 0.0995 e. The van der Waals surface area contributed by atoms with E-state index in [-0.39, 0.29) is 0 Å². The molecule has 1 fully saturated rings. The van der Waals surface area contributed by atoms with Gasteiger partial charge in [-0.1, -0.05) is 25.1 Å². The van der Waals surface area contributed by atoms with Crippen molar-refractivity contribution < 1.29 is 0 Å². The van der Waals surface area contributed by atoms with E-state index in [2.05, 4.69) is 18.3 Å². The molecule has 16 heavy (non-hydrogen) atoms. The molecule has 0 radical (unpaired) electrons. The van der Waals surface area contributed by atoms with Gasteiger partial charge in [0.1, 0.15) is 0 Å². The number of hydrogen-bond acceptors (Lipinski definition) is 2. The maximum absolute atomic E-state index is 8.96. The van der Waals surface area contributed by atoms with Crippen LogP contribution in [0.1, 0.15) is 37.3 Å². The lowest BCUT2D eigenvalue weighted by Gasteiger charge is -2.13. The highest BCUT2D eigenvalue weighted by Crippen LogP contribution is 2.47. The van der Waals surface area contributed by atoms with Gasteiger partial charge in [-0.15, -0.1) is 0 Å². The SMILES string of the molecule is CCC1(CNCc2ccccc2C#N)CC1. The first kappa shape index (κ1) is 11.2. The van der Waals surface area contributed by atoms with Crippen LogP contribution in [0.2, 0.25) is 0 Å². The van der Waals surface area contributed by atoms with Crippen molar-refractivity contribution >= 4 is 0 Å². The molecular formula is C14H18N2. The number of hydrogen-bond donors (Lipinski definition) is 1. The van der Waals surface area contributed by atoms with Gasteiger partial charge in [0, 0.05) is 13.1 Å². The van der Waals surface area contributed by atoms with Crippen molar-refractivity contribution in [2.24, 2.45) is 5.41 Å². The lowest BCUT2D eigenvalue weighted by molar-refractivity contribution is 0.443. The van der Waals surface area contributed by atoms with E-state index in [9.17, 15) is 0 Å². The van der Waals surface area contributed by atoms with Crippen LogP contribution in [0.25, 0.3) is 0 Å². The van der Waals surface area contributed by atoms with Gasteiger partial charge < -0.3 is 5.32 Å². The Morgan fingerprint density at radius 2 is 2.12 bits per heavy atom. The van der Waals surface area contributed by atoms with Crippen molar-refractivity contribution in [3.05, 3.63) is 35.4 Å². The number of nitrogens with one attached hydrogen (secondary N) is 1. The molecule has 0 unspecified atom stereocenters. The molecule has 0 aliphatic heterocycles. The predicted molar refractivity (Wildman–Crippen MR) is 64.8 cm³/mol. The summed E-state index contributed by atoms with van der Waals surface area (Å²) in [6, 6.07) is 10.0. The molecule has 2 rings (SSSR count). The Balaban J connectivity index is 1.88. The van der Waals surface area contributed by atoms with Gasteiger partial charge >= 0.3 is 0 Å². The van der Waals surface area contributed by atoms with Gasteiger partial charge in [-0.3, -0.25) is 0 Å². The molecule has 2 nitrogen and oxygen atoms in total. The predicted octanol–water partition coefficient (Wildman–Crippen LogP) is 2.84. The fourth-order valence-corrected chi connectivity index (χ4v) is 2.08. The minimum atomic E-state index is 0.571.